The number of hydrogen-bond donors (Lipinski definition) is 1. The van der Waals surface area contributed by atoms with Crippen LogP contribution >= 0.6 is 11.3 Å². The summed E-state index contributed by atoms with van der Waals surface area (Å²) < 4.78 is 5.13. The summed E-state index contributed by atoms with van der Waals surface area (Å²) in [6, 6.07) is 17.7. The van der Waals surface area contributed by atoms with E-state index in [-0.39, 0.29) is 5.91 Å². The van der Waals surface area contributed by atoms with Crippen molar-refractivity contribution < 1.29 is 9.53 Å². The van der Waals surface area contributed by atoms with Crippen LogP contribution in [0.1, 0.15) is 12.0 Å². The zero-order valence-corrected chi connectivity index (χ0v) is 14.2. The number of rotatable bonds is 6. The summed E-state index contributed by atoms with van der Waals surface area (Å²) in [5.41, 5.74) is 3.04. The number of hydrogen-bond acceptors (Lipinski definition) is 4. The van der Waals surface area contributed by atoms with Crippen molar-refractivity contribution in [3.05, 3.63) is 65.5 Å². The van der Waals surface area contributed by atoms with Crippen molar-refractivity contribution >= 4 is 22.4 Å². The highest BCUT2D eigenvalue weighted by atomic mass is 32.1. The van der Waals surface area contributed by atoms with Gasteiger partial charge < -0.3 is 10.1 Å². The van der Waals surface area contributed by atoms with E-state index in [0.717, 1.165) is 22.6 Å². The van der Waals surface area contributed by atoms with Gasteiger partial charge in [-0.1, -0.05) is 42.5 Å². The largest absolute Gasteiger partial charge is 0.497 e. The van der Waals surface area contributed by atoms with Gasteiger partial charge in [-0.2, -0.15) is 0 Å². The Bertz CT molecular complexity index is 798. The third-order valence-corrected chi connectivity index (χ3v) is 4.38. The molecule has 0 aliphatic carbocycles. The SMILES string of the molecule is COc1ccc(CCC(=O)Nc2nc(-c3ccccc3)cs2)cc1. The second-order valence-corrected chi connectivity index (χ2v) is 6.16. The Kier molecular flexibility index (Phi) is 5.23. The maximum Gasteiger partial charge on any atom is 0.226 e. The van der Waals surface area contributed by atoms with E-state index in [2.05, 4.69) is 10.3 Å². The Hall–Kier alpha value is -2.66. The average molecular weight is 338 g/mol. The molecule has 0 atom stereocenters. The van der Waals surface area contributed by atoms with Gasteiger partial charge in [0.05, 0.1) is 12.8 Å². The molecule has 1 N–H and O–H groups in total. The van der Waals surface area contributed by atoms with Gasteiger partial charge in [0, 0.05) is 17.4 Å². The van der Waals surface area contributed by atoms with Crippen molar-refractivity contribution in [2.45, 2.75) is 12.8 Å². The van der Waals surface area contributed by atoms with Gasteiger partial charge >= 0.3 is 0 Å². The Labute approximate surface area is 145 Å². The molecule has 1 heterocycles. The molecule has 2 aromatic carbocycles. The van der Waals surface area contributed by atoms with Crippen molar-refractivity contribution in [1.82, 2.24) is 4.98 Å². The van der Waals surface area contributed by atoms with Crippen LogP contribution in [0, 0.1) is 0 Å². The quantitative estimate of drug-likeness (QED) is 0.725. The summed E-state index contributed by atoms with van der Waals surface area (Å²) in [6.45, 7) is 0. The predicted octanol–water partition coefficient (Wildman–Crippen LogP) is 4.39. The first-order valence-corrected chi connectivity index (χ1v) is 8.56. The monoisotopic (exact) mass is 338 g/mol. The molecular weight excluding hydrogens is 320 g/mol. The molecule has 0 saturated carbocycles. The number of aromatic nitrogens is 1. The summed E-state index contributed by atoms with van der Waals surface area (Å²) in [7, 11) is 1.64. The molecule has 0 saturated heterocycles. The van der Waals surface area contributed by atoms with Gasteiger partial charge in [0.15, 0.2) is 5.13 Å². The van der Waals surface area contributed by atoms with Crippen LogP contribution in [0.3, 0.4) is 0 Å². The number of aryl methyl sites for hydroxylation is 1. The van der Waals surface area contributed by atoms with Gasteiger partial charge in [0.25, 0.3) is 0 Å². The fraction of sp³-hybridized carbons (Fsp3) is 0.158. The van der Waals surface area contributed by atoms with E-state index in [1.165, 1.54) is 11.3 Å². The number of nitrogens with zero attached hydrogens (tertiary/aromatic N) is 1. The molecule has 3 rings (SSSR count). The van der Waals surface area contributed by atoms with Crippen LogP contribution in [0.4, 0.5) is 5.13 Å². The maximum absolute atomic E-state index is 12.1. The average Bonchev–Trinajstić information content (AvgIpc) is 3.09. The van der Waals surface area contributed by atoms with Crippen LogP contribution in [0.25, 0.3) is 11.3 Å². The van der Waals surface area contributed by atoms with Gasteiger partial charge in [-0.3, -0.25) is 4.79 Å². The van der Waals surface area contributed by atoms with Gasteiger partial charge in [-0.05, 0) is 24.1 Å². The molecule has 0 bridgehead atoms. The summed E-state index contributed by atoms with van der Waals surface area (Å²) in [5, 5.41) is 5.45. The van der Waals surface area contributed by atoms with Crippen molar-refractivity contribution in [2.24, 2.45) is 0 Å². The number of thiazole rings is 1. The number of benzene rings is 2. The Balaban J connectivity index is 1.54. The molecule has 0 radical (unpaired) electrons. The topological polar surface area (TPSA) is 51.2 Å². The normalized spacial score (nSPS) is 10.4. The van der Waals surface area contributed by atoms with E-state index in [9.17, 15) is 4.79 Å². The van der Waals surface area contributed by atoms with E-state index >= 15 is 0 Å². The second-order valence-electron chi connectivity index (χ2n) is 5.30. The van der Waals surface area contributed by atoms with Gasteiger partial charge in [-0.25, -0.2) is 4.98 Å². The number of carbonyl (C=O) groups excluding carboxylic acids is 1. The first-order valence-electron chi connectivity index (χ1n) is 7.68. The minimum absolute atomic E-state index is 0.0280. The Morgan fingerprint density at radius 1 is 1.12 bits per heavy atom. The number of amides is 1. The van der Waals surface area contributed by atoms with Gasteiger partial charge in [0.2, 0.25) is 5.91 Å². The lowest BCUT2D eigenvalue weighted by Crippen LogP contribution is -2.12. The van der Waals surface area contributed by atoms with E-state index in [1.54, 1.807) is 7.11 Å². The predicted molar refractivity (Wildman–Crippen MR) is 97.5 cm³/mol. The number of carbonyl (C=O) groups is 1. The molecule has 0 unspecified atom stereocenters. The van der Waals surface area contributed by atoms with Gasteiger partial charge in [0.1, 0.15) is 5.75 Å². The fourth-order valence-corrected chi connectivity index (χ4v) is 3.04. The highest BCUT2D eigenvalue weighted by molar-refractivity contribution is 7.14. The standard InChI is InChI=1S/C19H18N2O2S/c1-23-16-10-7-14(8-11-16)9-12-18(22)21-19-20-17(13-24-19)15-5-3-2-4-6-15/h2-8,10-11,13H,9,12H2,1H3,(H,20,21,22). The molecular formula is C19H18N2O2S. The summed E-state index contributed by atoms with van der Waals surface area (Å²) >= 11 is 1.44. The summed E-state index contributed by atoms with van der Waals surface area (Å²) in [5.74, 6) is 0.791. The fourth-order valence-electron chi connectivity index (χ4n) is 2.30. The van der Waals surface area contributed by atoms with Crippen molar-refractivity contribution in [3.63, 3.8) is 0 Å². The number of anilines is 1. The molecule has 4 nitrogen and oxygen atoms in total. The van der Waals surface area contributed by atoms with Crippen LogP contribution in [-0.4, -0.2) is 18.0 Å². The molecule has 1 amide bonds. The third kappa shape index (κ3) is 4.20. The smallest absolute Gasteiger partial charge is 0.226 e. The van der Waals surface area contributed by atoms with Crippen molar-refractivity contribution in [2.75, 3.05) is 12.4 Å². The lowest BCUT2D eigenvalue weighted by atomic mass is 10.1. The molecule has 5 heteroatoms. The molecule has 0 aliphatic rings. The maximum atomic E-state index is 12.1. The van der Waals surface area contributed by atoms with Crippen molar-refractivity contribution in [3.8, 4) is 17.0 Å². The van der Waals surface area contributed by atoms with Crippen LogP contribution in [-0.2, 0) is 11.2 Å². The molecule has 0 fully saturated rings. The lowest BCUT2D eigenvalue weighted by molar-refractivity contribution is -0.116. The number of methoxy groups -OCH3 is 1. The minimum atomic E-state index is -0.0280. The minimum Gasteiger partial charge on any atom is -0.497 e. The van der Waals surface area contributed by atoms with E-state index in [0.29, 0.717) is 18.0 Å². The second kappa shape index (κ2) is 7.75. The lowest BCUT2D eigenvalue weighted by Gasteiger charge is -2.04. The number of ether oxygens (including phenoxy) is 1. The first kappa shape index (κ1) is 16.2. The van der Waals surface area contributed by atoms with Crippen LogP contribution < -0.4 is 10.1 Å². The summed E-state index contributed by atoms with van der Waals surface area (Å²) in [4.78, 5) is 16.6. The molecule has 122 valence electrons. The van der Waals surface area contributed by atoms with Gasteiger partial charge in [-0.15, -0.1) is 11.3 Å². The molecule has 0 aliphatic heterocycles. The molecule has 3 aromatic rings. The first-order chi connectivity index (χ1) is 11.7. The summed E-state index contributed by atoms with van der Waals surface area (Å²) in [6.07, 6.45) is 1.11. The Morgan fingerprint density at radius 2 is 1.88 bits per heavy atom. The molecule has 0 spiro atoms. The zero-order valence-electron chi connectivity index (χ0n) is 13.4. The van der Waals surface area contributed by atoms with Crippen LogP contribution in [0.5, 0.6) is 5.75 Å². The van der Waals surface area contributed by atoms with E-state index in [1.807, 2.05) is 60.0 Å². The zero-order chi connectivity index (χ0) is 16.8. The molecule has 24 heavy (non-hydrogen) atoms. The van der Waals surface area contributed by atoms with Crippen LogP contribution in [0.15, 0.2) is 60.0 Å². The van der Waals surface area contributed by atoms with E-state index in [4.69, 9.17) is 4.74 Å². The highest BCUT2D eigenvalue weighted by Crippen LogP contribution is 2.24. The number of nitrogens with one attached hydrogen (secondary N) is 1. The third-order valence-electron chi connectivity index (χ3n) is 3.62. The van der Waals surface area contributed by atoms with Crippen LogP contribution in [0.2, 0.25) is 0 Å². The highest BCUT2D eigenvalue weighted by Gasteiger charge is 2.08. The van der Waals surface area contributed by atoms with E-state index < -0.39 is 0 Å². The van der Waals surface area contributed by atoms with Crippen molar-refractivity contribution in [1.29, 1.82) is 0 Å². The Morgan fingerprint density at radius 3 is 2.58 bits per heavy atom. The molecule has 1 aromatic heterocycles.